The second-order valence-corrected chi connectivity index (χ2v) is 5.93. The molecule has 0 aliphatic rings. The first-order valence-corrected chi connectivity index (χ1v) is 8.39. The highest BCUT2D eigenvalue weighted by molar-refractivity contribution is 5.77. The van der Waals surface area contributed by atoms with Gasteiger partial charge < -0.3 is 0 Å². The van der Waals surface area contributed by atoms with Crippen molar-refractivity contribution in [2.75, 3.05) is 7.05 Å². The molecule has 0 bridgehead atoms. The van der Waals surface area contributed by atoms with E-state index in [1.165, 1.54) is 5.56 Å². The van der Waals surface area contributed by atoms with Crippen LogP contribution < -0.4 is 5.49 Å². The van der Waals surface area contributed by atoms with Gasteiger partial charge in [-0.2, -0.15) is 0 Å². The monoisotopic (exact) mass is 325 g/mol. The number of hydrogen-bond acceptors (Lipinski definition) is 2. The molecule has 0 N–H and O–H groups in total. The number of fused-ring (bicyclic) bond motifs is 1. The molecule has 0 amide bonds. The van der Waals surface area contributed by atoms with Gasteiger partial charge in [-0.15, -0.1) is 0 Å². The number of nitrogens with zero attached hydrogens (tertiary/aromatic N) is 3. The number of benzene rings is 3. The van der Waals surface area contributed by atoms with E-state index in [1.807, 2.05) is 49.5 Å². The molecule has 0 unspecified atom stereocenters. The van der Waals surface area contributed by atoms with Crippen molar-refractivity contribution in [2.45, 2.75) is 6.42 Å². The Hall–Kier alpha value is -3.20. The van der Waals surface area contributed by atoms with Crippen molar-refractivity contribution in [3.8, 4) is 5.69 Å². The van der Waals surface area contributed by atoms with Crippen LogP contribution in [-0.2, 0) is 6.42 Å². The summed E-state index contributed by atoms with van der Waals surface area (Å²) >= 11 is 0. The van der Waals surface area contributed by atoms with Crippen LogP contribution in [-0.4, -0.2) is 16.6 Å². The van der Waals surface area contributed by atoms with Crippen molar-refractivity contribution in [1.82, 2.24) is 9.55 Å². The van der Waals surface area contributed by atoms with Gasteiger partial charge in [0.05, 0.1) is 5.52 Å². The third-order valence-corrected chi connectivity index (χ3v) is 4.30. The van der Waals surface area contributed by atoms with Crippen LogP contribution in [0.1, 0.15) is 11.4 Å². The quantitative estimate of drug-likeness (QED) is 0.556. The van der Waals surface area contributed by atoms with Gasteiger partial charge in [-0.3, -0.25) is 9.56 Å². The van der Waals surface area contributed by atoms with Gasteiger partial charge in [0.15, 0.2) is 0 Å². The number of para-hydroxylation sites is 2. The van der Waals surface area contributed by atoms with Gasteiger partial charge in [0, 0.05) is 24.5 Å². The van der Waals surface area contributed by atoms with E-state index in [2.05, 4.69) is 52.0 Å². The van der Waals surface area contributed by atoms with Crippen LogP contribution in [0.3, 0.4) is 0 Å². The molecular weight excluding hydrogens is 306 g/mol. The molecule has 1 heterocycles. The van der Waals surface area contributed by atoms with Gasteiger partial charge in [-0.1, -0.05) is 60.7 Å². The Bertz CT molecular complexity index is 1060. The molecule has 0 atom stereocenters. The summed E-state index contributed by atoms with van der Waals surface area (Å²) in [5.74, 6) is 0.983. The van der Waals surface area contributed by atoms with Crippen molar-refractivity contribution in [2.24, 2.45) is 4.99 Å². The van der Waals surface area contributed by atoms with Crippen LogP contribution in [0.15, 0.2) is 89.9 Å². The fraction of sp³-hybridized carbons (Fsp3) is 0.0909. The fourth-order valence-electron chi connectivity index (χ4n) is 3.16. The predicted molar refractivity (Wildman–Crippen MR) is 102 cm³/mol. The van der Waals surface area contributed by atoms with E-state index in [-0.39, 0.29) is 0 Å². The lowest BCUT2D eigenvalue weighted by atomic mass is 10.1. The Morgan fingerprint density at radius 1 is 0.800 bits per heavy atom. The van der Waals surface area contributed by atoms with Gasteiger partial charge in [-0.25, -0.2) is 4.98 Å². The van der Waals surface area contributed by atoms with Crippen LogP contribution in [0, 0.1) is 0 Å². The Morgan fingerprint density at radius 2 is 1.44 bits per heavy atom. The first kappa shape index (κ1) is 15.3. The zero-order valence-corrected chi connectivity index (χ0v) is 14.1. The molecule has 4 aromatic rings. The molecule has 0 fully saturated rings. The zero-order chi connectivity index (χ0) is 17.1. The summed E-state index contributed by atoms with van der Waals surface area (Å²) in [5, 5.41) is 1.06. The number of aromatic nitrogens is 2. The lowest BCUT2D eigenvalue weighted by Crippen LogP contribution is -2.25. The molecule has 0 aliphatic carbocycles. The summed E-state index contributed by atoms with van der Waals surface area (Å²) in [6, 6.07) is 28.9. The lowest BCUT2D eigenvalue weighted by molar-refractivity contribution is 0.828. The molecule has 1 aromatic heterocycles. The van der Waals surface area contributed by atoms with Crippen molar-refractivity contribution >= 4 is 10.9 Å². The summed E-state index contributed by atoms with van der Waals surface area (Å²) in [4.78, 5) is 9.56. The second-order valence-electron chi connectivity index (χ2n) is 5.93. The second kappa shape index (κ2) is 6.73. The van der Waals surface area contributed by atoms with E-state index in [0.29, 0.717) is 0 Å². The van der Waals surface area contributed by atoms with E-state index in [4.69, 9.17) is 4.98 Å². The van der Waals surface area contributed by atoms with Crippen LogP contribution in [0.25, 0.3) is 16.6 Å². The van der Waals surface area contributed by atoms with Gasteiger partial charge >= 0.3 is 0 Å². The molecule has 0 spiro atoms. The summed E-state index contributed by atoms with van der Waals surface area (Å²) in [6.07, 6.45) is 0.753. The molecule has 0 radical (unpaired) electrons. The molecule has 25 heavy (non-hydrogen) atoms. The molecule has 3 aromatic carbocycles. The lowest BCUT2D eigenvalue weighted by Gasteiger charge is -2.16. The molecular formula is C22H19N3. The van der Waals surface area contributed by atoms with Crippen LogP contribution >= 0.6 is 0 Å². The average molecular weight is 325 g/mol. The number of hydrogen-bond donors (Lipinski definition) is 0. The van der Waals surface area contributed by atoms with Crippen molar-refractivity contribution in [3.05, 3.63) is 102 Å². The van der Waals surface area contributed by atoms with E-state index in [0.717, 1.165) is 34.3 Å². The Morgan fingerprint density at radius 3 is 2.16 bits per heavy atom. The van der Waals surface area contributed by atoms with Crippen molar-refractivity contribution < 1.29 is 0 Å². The largest absolute Gasteiger partial charge is 0.282 e. The molecule has 0 saturated carbocycles. The Balaban J connectivity index is 2.03. The van der Waals surface area contributed by atoms with Gasteiger partial charge in [0.2, 0.25) is 0 Å². The Labute approximate surface area is 147 Å². The summed E-state index contributed by atoms with van der Waals surface area (Å²) < 4.78 is 2.16. The van der Waals surface area contributed by atoms with Gasteiger partial charge in [-0.05, 0) is 29.8 Å². The van der Waals surface area contributed by atoms with Crippen LogP contribution in [0.4, 0.5) is 0 Å². The molecule has 4 rings (SSSR count). The maximum absolute atomic E-state index is 4.96. The summed E-state index contributed by atoms with van der Waals surface area (Å²) in [7, 11) is 1.84. The maximum atomic E-state index is 4.96. The minimum atomic E-state index is 0.753. The Kier molecular flexibility index (Phi) is 4.13. The number of rotatable bonds is 3. The summed E-state index contributed by atoms with van der Waals surface area (Å²) in [5.41, 5.74) is 4.22. The highest BCUT2D eigenvalue weighted by Crippen LogP contribution is 2.16. The molecule has 122 valence electrons. The van der Waals surface area contributed by atoms with E-state index >= 15 is 0 Å². The predicted octanol–water partition coefficient (Wildman–Crippen LogP) is 4.15. The molecule has 0 saturated heterocycles. The smallest absolute Gasteiger partial charge is 0.142 e. The van der Waals surface area contributed by atoms with Crippen LogP contribution in [0.5, 0.6) is 0 Å². The standard InChI is InChI=1S/C22H19N3/c1-23-22-19-14-8-9-15-20(19)24-21(16-17-10-4-2-5-11-17)25(22)18-12-6-3-7-13-18/h2-15H,16H2,1H3. The SMILES string of the molecule is CN=c1c2ccccc2nc(Cc2ccccc2)n1-c1ccccc1. The molecule has 0 aliphatic heterocycles. The average Bonchev–Trinajstić information content (AvgIpc) is 2.68. The highest BCUT2D eigenvalue weighted by atomic mass is 15.1. The first-order chi connectivity index (χ1) is 12.4. The van der Waals surface area contributed by atoms with Gasteiger partial charge in [0.1, 0.15) is 11.3 Å². The minimum Gasteiger partial charge on any atom is -0.282 e. The summed E-state index contributed by atoms with van der Waals surface area (Å²) in [6.45, 7) is 0. The molecule has 3 heteroatoms. The van der Waals surface area contributed by atoms with Gasteiger partial charge in [0.25, 0.3) is 0 Å². The van der Waals surface area contributed by atoms with E-state index in [9.17, 15) is 0 Å². The van der Waals surface area contributed by atoms with E-state index < -0.39 is 0 Å². The van der Waals surface area contributed by atoms with Crippen molar-refractivity contribution in [3.63, 3.8) is 0 Å². The third-order valence-electron chi connectivity index (χ3n) is 4.30. The molecule has 3 nitrogen and oxygen atoms in total. The van der Waals surface area contributed by atoms with Crippen molar-refractivity contribution in [1.29, 1.82) is 0 Å². The first-order valence-electron chi connectivity index (χ1n) is 8.39. The fourth-order valence-corrected chi connectivity index (χ4v) is 3.16. The third kappa shape index (κ3) is 2.96. The topological polar surface area (TPSA) is 30.2 Å². The highest BCUT2D eigenvalue weighted by Gasteiger charge is 2.11. The minimum absolute atomic E-state index is 0.753. The zero-order valence-electron chi connectivity index (χ0n) is 14.1. The maximum Gasteiger partial charge on any atom is 0.142 e. The van der Waals surface area contributed by atoms with E-state index in [1.54, 1.807) is 0 Å². The van der Waals surface area contributed by atoms with Crippen LogP contribution in [0.2, 0.25) is 0 Å². The normalized spacial score (nSPS) is 11.8.